The zero-order valence-electron chi connectivity index (χ0n) is 17.1. The molecule has 1 atom stereocenters. The van der Waals surface area contributed by atoms with Crippen LogP contribution in [0, 0.1) is 0 Å². The van der Waals surface area contributed by atoms with E-state index in [1.807, 2.05) is 6.92 Å². The Kier molecular flexibility index (Phi) is 7.70. The number of hydrogen-bond donors (Lipinski definition) is 1. The summed E-state index contributed by atoms with van der Waals surface area (Å²) in [5.41, 5.74) is 1.54. The van der Waals surface area contributed by atoms with Crippen molar-refractivity contribution in [2.75, 3.05) is 18.5 Å². The molecule has 1 aliphatic rings. The fourth-order valence-electron chi connectivity index (χ4n) is 2.95. The smallest absolute Gasteiger partial charge is 0.338 e. The van der Waals surface area contributed by atoms with Crippen LogP contribution in [-0.4, -0.2) is 46.3 Å². The molecule has 3 rings (SSSR count). The lowest BCUT2D eigenvalue weighted by molar-refractivity contribution is -0.128. The molecule has 2 amide bonds. The number of carbonyl (C=O) groups is 3. The van der Waals surface area contributed by atoms with Crippen LogP contribution >= 0.6 is 23.4 Å². The van der Waals surface area contributed by atoms with Crippen LogP contribution in [0.25, 0.3) is 0 Å². The molecular formula is C22H22ClN3O4S. The first kappa shape index (κ1) is 22.8. The summed E-state index contributed by atoms with van der Waals surface area (Å²) in [6, 6.07) is 13.6. The number of amidine groups is 1. The van der Waals surface area contributed by atoms with E-state index in [4.69, 9.17) is 16.3 Å². The van der Waals surface area contributed by atoms with Gasteiger partial charge in [-0.1, -0.05) is 35.5 Å². The minimum absolute atomic E-state index is 0.00599. The predicted octanol–water partition coefficient (Wildman–Crippen LogP) is 4.50. The molecule has 0 spiro atoms. The van der Waals surface area contributed by atoms with Crippen molar-refractivity contribution in [1.82, 2.24) is 4.90 Å². The van der Waals surface area contributed by atoms with E-state index in [0.29, 0.717) is 40.3 Å². The third-order valence-corrected chi connectivity index (χ3v) is 5.96. The number of para-hydroxylation sites is 1. The van der Waals surface area contributed by atoms with Gasteiger partial charge in [0.2, 0.25) is 11.8 Å². The fraction of sp³-hybridized carbons (Fsp3) is 0.273. The number of ether oxygens (including phenoxy) is 1. The highest BCUT2D eigenvalue weighted by atomic mass is 35.5. The number of anilines is 1. The minimum atomic E-state index is -0.569. The summed E-state index contributed by atoms with van der Waals surface area (Å²) in [5.74, 6) is -0.856. The summed E-state index contributed by atoms with van der Waals surface area (Å²) in [5, 5.41) is 3.13. The molecule has 0 aliphatic carbocycles. The Morgan fingerprint density at radius 2 is 1.87 bits per heavy atom. The molecule has 2 aromatic carbocycles. The standard InChI is InChI=1S/C22H22ClN3O4S/c1-3-26-20(28)18(13-19(27)25-17-8-6-5-7-16(17)23)31-22(26)24-15-11-9-14(10-12-15)21(29)30-4-2/h5-12,18H,3-4,13H2,1-2H3,(H,25,27). The summed E-state index contributed by atoms with van der Waals surface area (Å²) in [6.45, 7) is 4.34. The molecule has 1 heterocycles. The number of thioether (sulfide) groups is 1. The van der Waals surface area contributed by atoms with Gasteiger partial charge >= 0.3 is 5.97 Å². The predicted molar refractivity (Wildman–Crippen MR) is 123 cm³/mol. The van der Waals surface area contributed by atoms with Gasteiger partial charge in [-0.25, -0.2) is 9.79 Å². The first-order chi connectivity index (χ1) is 14.9. The third-order valence-electron chi connectivity index (χ3n) is 4.46. The second-order valence-electron chi connectivity index (χ2n) is 6.58. The van der Waals surface area contributed by atoms with E-state index < -0.39 is 11.2 Å². The van der Waals surface area contributed by atoms with Gasteiger partial charge in [-0.2, -0.15) is 0 Å². The van der Waals surface area contributed by atoms with E-state index >= 15 is 0 Å². The molecule has 0 radical (unpaired) electrons. The van der Waals surface area contributed by atoms with Crippen LogP contribution in [0.5, 0.6) is 0 Å². The van der Waals surface area contributed by atoms with E-state index in [-0.39, 0.29) is 18.2 Å². The molecular weight excluding hydrogens is 438 g/mol. The van der Waals surface area contributed by atoms with E-state index in [1.165, 1.54) is 11.8 Å². The van der Waals surface area contributed by atoms with Crippen molar-refractivity contribution >= 4 is 57.7 Å². The van der Waals surface area contributed by atoms with Crippen LogP contribution in [0.2, 0.25) is 5.02 Å². The lowest BCUT2D eigenvalue weighted by Gasteiger charge is -2.13. The van der Waals surface area contributed by atoms with Crippen LogP contribution in [0.1, 0.15) is 30.6 Å². The number of nitrogens with one attached hydrogen (secondary N) is 1. The molecule has 1 fully saturated rings. The molecule has 0 saturated carbocycles. The Bertz CT molecular complexity index is 1010. The maximum absolute atomic E-state index is 12.8. The second kappa shape index (κ2) is 10.5. The molecule has 1 saturated heterocycles. The van der Waals surface area contributed by atoms with Gasteiger partial charge in [0.15, 0.2) is 5.17 Å². The van der Waals surface area contributed by atoms with Gasteiger partial charge in [0.05, 0.1) is 28.6 Å². The molecule has 1 unspecified atom stereocenters. The Hall–Kier alpha value is -2.84. The molecule has 162 valence electrons. The average molecular weight is 460 g/mol. The number of amides is 2. The van der Waals surface area contributed by atoms with Gasteiger partial charge in [-0.3, -0.25) is 14.5 Å². The van der Waals surface area contributed by atoms with Gasteiger partial charge in [-0.15, -0.1) is 0 Å². The zero-order valence-corrected chi connectivity index (χ0v) is 18.7. The van der Waals surface area contributed by atoms with E-state index in [9.17, 15) is 14.4 Å². The third kappa shape index (κ3) is 5.65. The first-order valence-electron chi connectivity index (χ1n) is 9.81. The van der Waals surface area contributed by atoms with Crippen LogP contribution in [0.3, 0.4) is 0 Å². The molecule has 1 N–H and O–H groups in total. The normalized spacial score (nSPS) is 17.1. The highest BCUT2D eigenvalue weighted by molar-refractivity contribution is 8.15. The van der Waals surface area contributed by atoms with Crippen molar-refractivity contribution in [1.29, 1.82) is 0 Å². The minimum Gasteiger partial charge on any atom is -0.462 e. The SMILES string of the molecule is CCOC(=O)c1ccc(N=C2SC(CC(=O)Nc3ccccc3Cl)C(=O)N2CC)cc1. The summed E-state index contributed by atoms with van der Waals surface area (Å²) in [7, 11) is 0. The van der Waals surface area contributed by atoms with Gasteiger partial charge in [-0.05, 0) is 50.2 Å². The molecule has 31 heavy (non-hydrogen) atoms. The lowest BCUT2D eigenvalue weighted by Crippen LogP contribution is -2.33. The van der Waals surface area contributed by atoms with Crippen LogP contribution in [-0.2, 0) is 14.3 Å². The second-order valence-corrected chi connectivity index (χ2v) is 8.16. The number of nitrogens with zero attached hydrogens (tertiary/aromatic N) is 2. The summed E-state index contributed by atoms with van der Waals surface area (Å²) < 4.78 is 4.97. The highest BCUT2D eigenvalue weighted by Gasteiger charge is 2.38. The van der Waals surface area contributed by atoms with Gasteiger partial charge in [0.25, 0.3) is 0 Å². The molecule has 0 aromatic heterocycles. The van der Waals surface area contributed by atoms with Gasteiger partial charge in [0, 0.05) is 13.0 Å². The van der Waals surface area contributed by atoms with Crippen molar-refractivity contribution in [2.24, 2.45) is 4.99 Å². The Balaban J connectivity index is 1.70. The Morgan fingerprint density at radius 3 is 2.52 bits per heavy atom. The fourth-order valence-corrected chi connectivity index (χ4v) is 4.35. The van der Waals surface area contributed by atoms with E-state index in [1.54, 1.807) is 60.4 Å². The van der Waals surface area contributed by atoms with Crippen molar-refractivity contribution < 1.29 is 19.1 Å². The largest absolute Gasteiger partial charge is 0.462 e. The Morgan fingerprint density at radius 1 is 1.16 bits per heavy atom. The summed E-state index contributed by atoms with van der Waals surface area (Å²) >= 11 is 7.33. The van der Waals surface area contributed by atoms with Crippen molar-refractivity contribution in [3.63, 3.8) is 0 Å². The lowest BCUT2D eigenvalue weighted by atomic mass is 10.2. The number of hydrogen-bond acceptors (Lipinski definition) is 6. The molecule has 2 aromatic rings. The van der Waals surface area contributed by atoms with Gasteiger partial charge < -0.3 is 10.1 Å². The molecule has 0 bridgehead atoms. The van der Waals surface area contributed by atoms with Crippen LogP contribution in [0.4, 0.5) is 11.4 Å². The first-order valence-corrected chi connectivity index (χ1v) is 11.1. The van der Waals surface area contributed by atoms with Crippen molar-refractivity contribution in [3.05, 3.63) is 59.1 Å². The highest BCUT2D eigenvalue weighted by Crippen LogP contribution is 2.32. The monoisotopic (exact) mass is 459 g/mol. The van der Waals surface area contributed by atoms with E-state index in [0.717, 1.165) is 0 Å². The number of halogens is 1. The molecule has 1 aliphatic heterocycles. The molecule has 9 heteroatoms. The summed E-state index contributed by atoms with van der Waals surface area (Å²) in [4.78, 5) is 43.1. The number of rotatable bonds is 7. The maximum Gasteiger partial charge on any atom is 0.338 e. The van der Waals surface area contributed by atoms with Crippen molar-refractivity contribution in [3.8, 4) is 0 Å². The number of carbonyl (C=O) groups excluding carboxylic acids is 3. The maximum atomic E-state index is 12.8. The molecule has 7 nitrogen and oxygen atoms in total. The number of esters is 1. The number of aliphatic imine (C=N–C) groups is 1. The number of benzene rings is 2. The van der Waals surface area contributed by atoms with Gasteiger partial charge in [0.1, 0.15) is 5.25 Å². The average Bonchev–Trinajstić information content (AvgIpc) is 3.04. The van der Waals surface area contributed by atoms with Crippen LogP contribution in [0.15, 0.2) is 53.5 Å². The zero-order chi connectivity index (χ0) is 22.4. The van der Waals surface area contributed by atoms with Crippen LogP contribution < -0.4 is 5.32 Å². The van der Waals surface area contributed by atoms with E-state index in [2.05, 4.69) is 10.3 Å². The Labute approximate surface area is 189 Å². The quantitative estimate of drug-likeness (QED) is 0.616. The summed E-state index contributed by atoms with van der Waals surface area (Å²) in [6.07, 6.45) is 0.00599. The van der Waals surface area contributed by atoms with Crippen molar-refractivity contribution in [2.45, 2.75) is 25.5 Å². The topological polar surface area (TPSA) is 88.1 Å².